The summed E-state index contributed by atoms with van der Waals surface area (Å²) in [6.45, 7) is 4.41. The molecule has 4 nitrogen and oxygen atoms in total. The number of benzene rings is 1. The zero-order valence-electron chi connectivity index (χ0n) is 11.3. The molecule has 19 heavy (non-hydrogen) atoms. The highest BCUT2D eigenvalue weighted by Crippen LogP contribution is 2.26. The molecule has 1 N–H and O–H groups in total. The average Bonchev–Trinajstić information content (AvgIpc) is 2.38. The smallest absolute Gasteiger partial charge is 0.0715 e. The minimum Gasteiger partial charge on any atom is -0.545 e. The topological polar surface area (TPSA) is 64.5 Å². The largest absolute Gasteiger partial charge is 0.545 e. The number of hydrogen-bond acceptors (Lipinski definition) is 4. The molecule has 2 rings (SSSR count). The van der Waals surface area contributed by atoms with Crippen LogP contribution in [-0.2, 0) is 0 Å². The van der Waals surface area contributed by atoms with E-state index in [1.165, 1.54) is 37.1 Å². The van der Waals surface area contributed by atoms with Crippen LogP contribution < -0.4 is 10.5 Å². The predicted octanol–water partition coefficient (Wildman–Crippen LogP) is 2.27. The number of carboxylic acids is 1. The molecule has 1 saturated carbocycles. The Labute approximate surface area is 113 Å². The van der Waals surface area contributed by atoms with Crippen LogP contribution in [0, 0.1) is 11.8 Å². The summed E-state index contributed by atoms with van der Waals surface area (Å²) in [5, 5.41) is 15.1. The summed E-state index contributed by atoms with van der Waals surface area (Å²) in [6, 6.07) is 6.44. The number of hydrazone groups is 1. The number of aromatic carboxylic acids is 1. The van der Waals surface area contributed by atoms with Gasteiger partial charge >= 0.3 is 0 Å². The van der Waals surface area contributed by atoms with Gasteiger partial charge in [0.2, 0.25) is 0 Å². The Morgan fingerprint density at radius 3 is 2.32 bits per heavy atom. The number of carbonyl (C=O) groups is 1. The van der Waals surface area contributed by atoms with Gasteiger partial charge in [0, 0.05) is 5.71 Å². The molecule has 0 heterocycles. The molecule has 0 unspecified atom stereocenters. The Kier molecular flexibility index (Phi) is 4.20. The molecule has 0 radical (unpaired) electrons. The average molecular weight is 259 g/mol. The highest BCUT2D eigenvalue weighted by atomic mass is 16.4. The van der Waals surface area contributed by atoms with E-state index in [1.807, 2.05) is 0 Å². The molecule has 0 aromatic heterocycles. The fourth-order valence-electron chi connectivity index (χ4n) is 2.54. The Morgan fingerprint density at radius 1 is 1.21 bits per heavy atom. The lowest BCUT2D eigenvalue weighted by Gasteiger charge is -2.26. The maximum Gasteiger partial charge on any atom is 0.0715 e. The lowest BCUT2D eigenvalue weighted by molar-refractivity contribution is -0.255. The lowest BCUT2D eigenvalue weighted by atomic mass is 9.81. The summed E-state index contributed by atoms with van der Waals surface area (Å²) in [6.07, 6.45) is 3.64. The molecular weight excluding hydrogens is 240 g/mol. The molecule has 1 aromatic carbocycles. The zero-order chi connectivity index (χ0) is 13.8. The first-order chi connectivity index (χ1) is 9.08. The molecule has 0 amide bonds. The second-order valence-electron chi connectivity index (χ2n) is 5.25. The molecule has 0 bridgehead atoms. The Morgan fingerprint density at radius 2 is 1.79 bits per heavy atom. The maximum atomic E-state index is 10.6. The number of nitrogens with zero attached hydrogens (tertiary/aromatic N) is 1. The van der Waals surface area contributed by atoms with E-state index in [1.54, 1.807) is 12.1 Å². The van der Waals surface area contributed by atoms with Crippen molar-refractivity contribution in [3.05, 3.63) is 29.8 Å². The van der Waals surface area contributed by atoms with Gasteiger partial charge in [-0.25, -0.2) is 0 Å². The Bertz CT molecular complexity index is 467. The molecule has 0 spiro atoms. The van der Waals surface area contributed by atoms with E-state index in [9.17, 15) is 9.90 Å². The highest BCUT2D eigenvalue weighted by molar-refractivity contribution is 5.90. The fraction of sp³-hybridized carbons (Fsp3) is 0.467. The monoisotopic (exact) mass is 259 g/mol. The van der Waals surface area contributed by atoms with E-state index in [0.29, 0.717) is 11.8 Å². The molecule has 0 aliphatic heterocycles. The number of anilines is 1. The van der Waals surface area contributed by atoms with Crippen LogP contribution in [0.1, 0.15) is 43.5 Å². The van der Waals surface area contributed by atoms with Gasteiger partial charge in [0.05, 0.1) is 11.7 Å². The van der Waals surface area contributed by atoms with E-state index in [2.05, 4.69) is 24.4 Å². The molecule has 1 aliphatic rings. The van der Waals surface area contributed by atoms with E-state index < -0.39 is 5.97 Å². The van der Waals surface area contributed by atoms with E-state index in [4.69, 9.17) is 0 Å². The second kappa shape index (κ2) is 5.87. The normalized spacial score (nSPS) is 25.3. The Balaban J connectivity index is 2.06. The van der Waals surface area contributed by atoms with Crippen LogP contribution >= 0.6 is 0 Å². The highest BCUT2D eigenvalue weighted by Gasteiger charge is 2.22. The van der Waals surface area contributed by atoms with Gasteiger partial charge in [-0.1, -0.05) is 32.4 Å². The zero-order valence-corrected chi connectivity index (χ0v) is 11.3. The molecule has 2 atom stereocenters. The third kappa shape index (κ3) is 3.34. The van der Waals surface area contributed by atoms with Crippen molar-refractivity contribution in [2.45, 2.75) is 33.1 Å². The first-order valence-electron chi connectivity index (χ1n) is 6.73. The van der Waals surface area contributed by atoms with Crippen molar-refractivity contribution in [3.63, 3.8) is 0 Å². The summed E-state index contributed by atoms with van der Waals surface area (Å²) in [5.41, 5.74) is 5.19. The number of carboxylic acid groups (broad SMARTS) is 1. The van der Waals surface area contributed by atoms with Crippen molar-refractivity contribution in [1.29, 1.82) is 0 Å². The van der Waals surface area contributed by atoms with Crippen molar-refractivity contribution in [2.75, 3.05) is 5.43 Å². The van der Waals surface area contributed by atoms with Crippen LogP contribution in [0.15, 0.2) is 29.4 Å². The van der Waals surface area contributed by atoms with Crippen LogP contribution in [0.2, 0.25) is 0 Å². The van der Waals surface area contributed by atoms with Crippen LogP contribution in [0.5, 0.6) is 0 Å². The van der Waals surface area contributed by atoms with E-state index in [0.717, 1.165) is 5.69 Å². The molecule has 1 fully saturated rings. The third-order valence-corrected chi connectivity index (χ3v) is 3.72. The quantitative estimate of drug-likeness (QED) is 0.847. The van der Waals surface area contributed by atoms with Crippen LogP contribution in [-0.4, -0.2) is 11.7 Å². The SMILES string of the molecule is C[C@@H]1CCC[C@H](C)C1=NNc1ccc(C(=O)[O-])cc1. The lowest BCUT2D eigenvalue weighted by Crippen LogP contribution is -2.25. The molecule has 1 aliphatic carbocycles. The van der Waals surface area contributed by atoms with Gasteiger partial charge in [0.1, 0.15) is 0 Å². The second-order valence-corrected chi connectivity index (χ2v) is 5.25. The minimum absolute atomic E-state index is 0.178. The van der Waals surface area contributed by atoms with E-state index in [-0.39, 0.29) is 5.56 Å². The number of hydrogen-bond donors (Lipinski definition) is 1. The Hall–Kier alpha value is -1.84. The minimum atomic E-state index is -1.16. The van der Waals surface area contributed by atoms with Crippen molar-refractivity contribution < 1.29 is 9.90 Å². The van der Waals surface area contributed by atoms with Crippen LogP contribution in [0.25, 0.3) is 0 Å². The third-order valence-electron chi connectivity index (χ3n) is 3.72. The fourth-order valence-corrected chi connectivity index (χ4v) is 2.54. The van der Waals surface area contributed by atoms with Gasteiger partial charge in [0.25, 0.3) is 0 Å². The number of nitrogens with one attached hydrogen (secondary N) is 1. The van der Waals surface area contributed by atoms with Gasteiger partial charge < -0.3 is 9.90 Å². The molecule has 0 saturated heterocycles. The maximum absolute atomic E-state index is 10.6. The van der Waals surface area contributed by atoms with Gasteiger partial charge in [-0.2, -0.15) is 5.10 Å². The summed E-state index contributed by atoms with van der Waals surface area (Å²) >= 11 is 0. The van der Waals surface area contributed by atoms with Crippen LogP contribution in [0.4, 0.5) is 5.69 Å². The first kappa shape index (κ1) is 13.6. The standard InChI is InChI=1S/C15H20N2O2/c1-10-4-3-5-11(2)14(10)17-16-13-8-6-12(7-9-13)15(18)19/h6-11,16H,3-5H2,1-2H3,(H,18,19)/p-1/t10-,11+. The van der Waals surface area contributed by atoms with Crippen molar-refractivity contribution in [1.82, 2.24) is 0 Å². The summed E-state index contributed by atoms with van der Waals surface area (Å²) in [5.74, 6) is -0.134. The number of carbonyl (C=O) groups excluding carboxylic acids is 1. The van der Waals surface area contributed by atoms with Gasteiger partial charge in [0.15, 0.2) is 0 Å². The van der Waals surface area contributed by atoms with Gasteiger partial charge in [-0.3, -0.25) is 5.43 Å². The van der Waals surface area contributed by atoms with Crippen LogP contribution in [0.3, 0.4) is 0 Å². The number of rotatable bonds is 3. The first-order valence-corrected chi connectivity index (χ1v) is 6.73. The molecule has 1 aromatic rings. The van der Waals surface area contributed by atoms with Gasteiger partial charge in [-0.15, -0.1) is 0 Å². The molecule has 4 heteroatoms. The summed E-state index contributed by atoms with van der Waals surface area (Å²) in [7, 11) is 0. The molecular formula is C15H19N2O2-. The van der Waals surface area contributed by atoms with Crippen molar-refractivity contribution in [3.8, 4) is 0 Å². The van der Waals surface area contributed by atoms with Crippen molar-refractivity contribution in [2.24, 2.45) is 16.9 Å². The summed E-state index contributed by atoms with van der Waals surface area (Å²) < 4.78 is 0. The summed E-state index contributed by atoms with van der Waals surface area (Å²) in [4.78, 5) is 10.6. The van der Waals surface area contributed by atoms with Crippen molar-refractivity contribution >= 4 is 17.4 Å². The predicted molar refractivity (Wildman–Crippen MR) is 74.0 cm³/mol. The molecule has 102 valence electrons. The van der Waals surface area contributed by atoms with E-state index >= 15 is 0 Å². The van der Waals surface area contributed by atoms with Gasteiger partial charge in [-0.05, 0) is 42.4 Å².